The summed E-state index contributed by atoms with van der Waals surface area (Å²) in [6, 6.07) is 5.82. The first kappa shape index (κ1) is 11.0. The molecule has 15 heavy (non-hydrogen) atoms. The molecule has 0 aliphatic heterocycles. The van der Waals surface area contributed by atoms with Crippen LogP contribution < -0.4 is 5.73 Å². The lowest BCUT2D eigenvalue weighted by Gasteiger charge is -2.03. The van der Waals surface area contributed by atoms with Gasteiger partial charge in [0.2, 0.25) is 0 Å². The maximum Gasteiger partial charge on any atom is 0.111 e. The Kier molecular flexibility index (Phi) is 3.35. The van der Waals surface area contributed by atoms with Crippen molar-refractivity contribution < 1.29 is 5.11 Å². The fourth-order valence-electron chi connectivity index (χ4n) is 1.34. The van der Waals surface area contributed by atoms with E-state index in [9.17, 15) is 0 Å². The van der Waals surface area contributed by atoms with Crippen molar-refractivity contribution >= 4 is 37.5 Å². The fraction of sp³-hybridized carbons (Fsp3) is 0.300. The lowest BCUT2D eigenvalue weighted by molar-refractivity contribution is 0.276. The Labute approximate surface area is 100 Å². The van der Waals surface area contributed by atoms with Gasteiger partial charge in [0.1, 0.15) is 5.01 Å². The van der Waals surface area contributed by atoms with Crippen molar-refractivity contribution in [3.63, 3.8) is 0 Å². The summed E-state index contributed by atoms with van der Waals surface area (Å²) in [5, 5.41) is 9.69. The van der Waals surface area contributed by atoms with Crippen LogP contribution in [0.5, 0.6) is 0 Å². The molecule has 3 nitrogen and oxygen atoms in total. The van der Waals surface area contributed by atoms with Gasteiger partial charge in [-0.2, -0.15) is 0 Å². The van der Waals surface area contributed by atoms with E-state index in [2.05, 4.69) is 20.9 Å². The van der Waals surface area contributed by atoms with Crippen molar-refractivity contribution in [2.75, 3.05) is 6.61 Å². The first-order valence-electron chi connectivity index (χ1n) is 4.63. The van der Waals surface area contributed by atoms with Crippen LogP contribution in [-0.2, 0) is 0 Å². The van der Waals surface area contributed by atoms with Crippen molar-refractivity contribution in [2.24, 2.45) is 5.73 Å². The average Bonchev–Trinajstić information content (AvgIpc) is 2.60. The third-order valence-electron chi connectivity index (χ3n) is 2.12. The molecule has 1 aromatic carbocycles. The van der Waals surface area contributed by atoms with Gasteiger partial charge in [-0.15, -0.1) is 11.3 Å². The van der Waals surface area contributed by atoms with Gasteiger partial charge in [0.15, 0.2) is 0 Å². The molecule has 0 saturated heterocycles. The molecule has 1 unspecified atom stereocenters. The first-order valence-corrected chi connectivity index (χ1v) is 6.24. The number of thiazole rings is 1. The maximum absolute atomic E-state index is 8.81. The molecule has 0 spiro atoms. The normalized spacial score (nSPS) is 13.3. The van der Waals surface area contributed by atoms with Crippen LogP contribution in [0.1, 0.15) is 17.5 Å². The summed E-state index contributed by atoms with van der Waals surface area (Å²) in [5.41, 5.74) is 6.84. The standard InChI is InChI=1S/C10H11BrN2OS/c11-6-1-2-9-8(5-6)13-10(15-9)7(12)3-4-14/h1-2,5,7,14H,3-4,12H2. The zero-order chi connectivity index (χ0) is 10.8. The van der Waals surface area contributed by atoms with Gasteiger partial charge < -0.3 is 10.8 Å². The van der Waals surface area contributed by atoms with E-state index in [4.69, 9.17) is 10.8 Å². The van der Waals surface area contributed by atoms with Crippen LogP contribution in [0.25, 0.3) is 10.2 Å². The largest absolute Gasteiger partial charge is 0.396 e. The highest BCUT2D eigenvalue weighted by Crippen LogP contribution is 2.28. The third kappa shape index (κ3) is 2.36. The van der Waals surface area contributed by atoms with Gasteiger partial charge in [0, 0.05) is 11.1 Å². The van der Waals surface area contributed by atoms with E-state index in [-0.39, 0.29) is 12.6 Å². The van der Waals surface area contributed by atoms with E-state index < -0.39 is 0 Å². The number of aromatic nitrogens is 1. The number of halogens is 1. The minimum atomic E-state index is -0.161. The number of fused-ring (bicyclic) bond motifs is 1. The van der Waals surface area contributed by atoms with E-state index in [1.807, 2.05) is 18.2 Å². The van der Waals surface area contributed by atoms with Crippen molar-refractivity contribution in [1.82, 2.24) is 4.98 Å². The van der Waals surface area contributed by atoms with Crippen LogP contribution in [-0.4, -0.2) is 16.7 Å². The molecular weight excluding hydrogens is 276 g/mol. The smallest absolute Gasteiger partial charge is 0.111 e. The lowest BCUT2D eigenvalue weighted by Crippen LogP contribution is -2.11. The van der Waals surface area contributed by atoms with Gasteiger partial charge in [-0.3, -0.25) is 0 Å². The van der Waals surface area contributed by atoms with Crippen LogP contribution in [0.15, 0.2) is 22.7 Å². The lowest BCUT2D eigenvalue weighted by atomic mass is 10.2. The Bertz CT molecular complexity index is 471. The Balaban J connectivity index is 2.38. The second-order valence-electron chi connectivity index (χ2n) is 3.28. The molecule has 1 aromatic heterocycles. The van der Waals surface area contributed by atoms with E-state index in [1.165, 1.54) is 0 Å². The van der Waals surface area contributed by atoms with Gasteiger partial charge >= 0.3 is 0 Å². The van der Waals surface area contributed by atoms with Crippen molar-refractivity contribution in [3.8, 4) is 0 Å². The number of hydrogen-bond acceptors (Lipinski definition) is 4. The number of nitrogens with zero attached hydrogens (tertiary/aromatic N) is 1. The van der Waals surface area contributed by atoms with Crippen molar-refractivity contribution in [1.29, 1.82) is 0 Å². The van der Waals surface area contributed by atoms with Crippen LogP contribution in [0.2, 0.25) is 0 Å². The molecule has 3 N–H and O–H groups in total. The highest BCUT2D eigenvalue weighted by Gasteiger charge is 2.11. The highest BCUT2D eigenvalue weighted by atomic mass is 79.9. The minimum absolute atomic E-state index is 0.0980. The molecule has 1 atom stereocenters. The van der Waals surface area contributed by atoms with E-state index in [0.29, 0.717) is 6.42 Å². The number of rotatable bonds is 3. The summed E-state index contributed by atoms with van der Waals surface area (Å²) in [5.74, 6) is 0. The van der Waals surface area contributed by atoms with Crippen LogP contribution in [0.3, 0.4) is 0 Å². The predicted molar refractivity (Wildman–Crippen MR) is 66.0 cm³/mol. The molecular formula is C10H11BrN2OS. The zero-order valence-electron chi connectivity index (χ0n) is 7.98. The summed E-state index contributed by atoms with van der Waals surface area (Å²) in [6.45, 7) is 0.0980. The van der Waals surface area contributed by atoms with Crippen LogP contribution in [0, 0.1) is 0 Å². The Morgan fingerprint density at radius 2 is 2.33 bits per heavy atom. The van der Waals surface area contributed by atoms with Crippen molar-refractivity contribution in [2.45, 2.75) is 12.5 Å². The Hall–Kier alpha value is -0.490. The SMILES string of the molecule is NC(CCO)c1nc2cc(Br)ccc2s1. The van der Waals surface area contributed by atoms with Gasteiger partial charge in [-0.05, 0) is 24.6 Å². The molecule has 0 radical (unpaired) electrons. The summed E-state index contributed by atoms with van der Waals surface area (Å²) >= 11 is 4.99. The molecule has 5 heteroatoms. The molecule has 2 aromatic rings. The predicted octanol–water partition coefficient (Wildman–Crippen LogP) is 2.44. The highest BCUT2D eigenvalue weighted by molar-refractivity contribution is 9.10. The minimum Gasteiger partial charge on any atom is -0.396 e. The molecule has 1 heterocycles. The number of hydrogen-bond donors (Lipinski definition) is 2. The average molecular weight is 287 g/mol. The van der Waals surface area contributed by atoms with Gasteiger partial charge in [0.25, 0.3) is 0 Å². The summed E-state index contributed by atoms with van der Waals surface area (Å²) in [6.07, 6.45) is 0.557. The fourth-order valence-corrected chi connectivity index (χ4v) is 2.67. The topological polar surface area (TPSA) is 59.1 Å². The second kappa shape index (κ2) is 4.57. The van der Waals surface area contributed by atoms with Gasteiger partial charge in [0.05, 0.1) is 16.3 Å². The molecule has 2 rings (SSSR count). The Morgan fingerprint density at radius 3 is 3.07 bits per heavy atom. The summed E-state index contributed by atoms with van der Waals surface area (Å²) < 4.78 is 2.14. The number of aliphatic hydroxyl groups is 1. The monoisotopic (exact) mass is 286 g/mol. The van der Waals surface area contributed by atoms with Crippen LogP contribution >= 0.6 is 27.3 Å². The Morgan fingerprint density at radius 1 is 1.53 bits per heavy atom. The van der Waals surface area contributed by atoms with Crippen molar-refractivity contribution in [3.05, 3.63) is 27.7 Å². The molecule has 0 aliphatic carbocycles. The van der Waals surface area contributed by atoms with E-state index in [1.54, 1.807) is 11.3 Å². The van der Waals surface area contributed by atoms with E-state index in [0.717, 1.165) is 19.7 Å². The molecule has 0 amide bonds. The molecule has 80 valence electrons. The summed E-state index contributed by atoms with van der Waals surface area (Å²) in [7, 11) is 0. The number of benzene rings is 1. The van der Waals surface area contributed by atoms with Crippen LogP contribution in [0.4, 0.5) is 0 Å². The molecule has 0 aliphatic rings. The van der Waals surface area contributed by atoms with Gasteiger partial charge in [-0.25, -0.2) is 4.98 Å². The quantitative estimate of drug-likeness (QED) is 0.911. The number of aliphatic hydroxyl groups excluding tert-OH is 1. The molecule has 0 saturated carbocycles. The second-order valence-corrected chi connectivity index (χ2v) is 5.26. The third-order valence-corrected chi connectivity index (χ3v) is 3.79. The summed E-state index contributed by atoms with van der Waals surface area (Å²) in [4.78, 5) is 4.44. The zero-order valence-corrected chi connectivity index (χ0v) is 10.4. The molecule has 0 fully saturated rings. The van der Waals surface area contributed by atoms with E-state index >= 15 is 0 Å². The molecule has 0 bridgehead atoms. The maximum atomic E-state index is 8.81. The van der Waals surface area contributed by atoms with Gasteiger partial charge in [-0.1, -0.05) is 15.9 Å². The number of nitrogens with two attached hydrogens (primary N) is 1. The first-order chi connectivity index (χ1) is 7.20.